The summed E-state index contributed by atoms with van der Waals surface area (Å²) in [6.45, 7) is 0.942. The molecule has 0 amide bonds. The topological polar surface area (TPSA) is 53.1 Å². The molecule has 0 bridgehead atoms. The molecule has 0 aromatic heterocycles. The van der Waals surface area contributed by atoms with Crippen LogP contribution in [0.3, 0.4) is 0 Å². The number of rotatable bonds is 3. The quantitative estimate of drug-likeness (QED) is 0.657. The van der Waals surface area contributed by atoms with Gasteiger partial charge in [0.05, 0.1) is 5.69 Å². The van der Waals surface area contributed by atoms with E-state index >= 15 is 0 Å². The molecule has 1 heterocycles. The average molecular weight is 275 g/mol. The van der Waals surface area contributed by atoms with E-state index in [1.807, 2.05) is 0 Å². The molecule has 0 radical (unpaired) electrons. The zero-order valence-corrected chi connectivity index (χ0v) is 11.7. The second-order valence-electron chi connectivity index (χ2n) is 6.03. The third-order valence-electron chi connectivity index (χ3n) is 4.81. The highest BCUT2D eigenvalue weighted by molar-refractivity contribution is 5.95. The molecule has 20 heavy (non-hydrogen) atoms. The normalized spacial score (nSPS) is 23.4. The first-order chi connectivity index (χ1) is 9.66. The van der Waals surface area contributed by atoms with Crippen LogP contribution in [0.2, 0.25) is 0 Å². The van der Waals surface area contributed by atoms with Crippen molar-refractivity contribution in [2.75, 3.05) is 11.4 Å². The molecule has 1 aliphatic heterocycles. The van der Waals surface area contributed by atoms with Gasteiger partial charge in [-0.3, -0.25) is 5.41 Å². The van der Waals surface area contributed by atoms with E-state index in [9.17, 15) is 4.39 Å². The van der Waals surface area contributed by atoms with Crippen molar-refractivity contribution in [2.45, 2.75) is 44.6 Å². The average Bonchev–Trinajstić information content (AvgIpc) is 3.09. The van der Waals surface area contributed by atoms with Crippen molar-refractivity contribution in [3.63, 3.8) is 0 Å². The van der Waals surface area contributed by atoms with E-state index in [0.29, 0.717) is 17.3 Å². The fourth-order valence-electron chi connectivity index (χ4n) is 3.83. The van der Waals surface area contributed by atoms with Gasteiger partial charge in [-0.2, -0.15) is 0 Å². The van der Waals surface area contributed by atoms with E-state index in [1.54, 1.807) is 12.1 Å². The molecule has 1 saturated carbocycles. The molecule has 3 nitrogen and oxygen atoms in total. The standard InChI is InChI=1S/C16H22FN3/c17-13-10-12(16(18)19)7-8-15(13)20-9-3-6-14(20)11-4-1-2-5-11/h7-8,10-11,14H,1-6,9H2,(H3,18,19). The van der Waals surface area contributed by atoms with Gasteiger partial charge in [0.2, 0.25) is 0 Å². The second-order valence-corrected chi connectivity index (χ2v) is 6.03. The maximum Gasteiger partial charge on any atom is 0.147 e. The molecule has 2 aliphatic rings. The highest BCUT2D eigenvalue weighted by Crippen LogP contribution is 2.38. The van der Waals surface area contributed by atoms with E-state index in [-0.39, 0.29) is 11.7 Å². The maximum absolute atomic E-state index is 14.3. The van der Waals surface area contributed by atoms with E-state index in [4.69, 9.17) is 11.1 Å². The van der Waals surface area contributed by atoms with Crippen molar-refractivity contribution >= 4 is 11.5 Å². The maximum atomic E-state index is 14.3. The van der Waals surface area contributed by atoms with Gasteiger partial charge in [-0.25, -0.2) is 4.39 Å². The molecule has 1 atom stereocenters. The van der Waals surface area contributed by atoms with E-state index in [1.165, 1.54) is 38.2 Å². The Morgan fingerprint density at radius 2 is 1.95 bits per heavy atom. The number of hydrogen-bond donors (Lipinski definition) is 2. The van der Waals surface area contributed by atoms with Crippen LogP contribution in [0.1, 0.15) is 44.1 Å². The number of nitrogens with zero attached hydrogens (tertiary/aromatic N) is 1. The summed E-state index contributed by atoms with van der Waals surface area (Å²) in [4.78, 5) is 2.25. The third-order valence-corrected chi connectivity index (χ3v) is 4.81. The van der Waals surface area contributed by atoms with Gasteiger partial charge < -0.3 is 10.6 Å². The summed E-state index contributed by atoms with van der Waals surface area (Å²) in [6.07, 6.45) is 7.54. The Kier molecular flexibility index (Phi) is 3.64. The molecule has 1 aromatic carbocycles. The minimum absolute atomic E-state index is 0.0794. The van der Waals surface area contributed by atoms with Crippen molar-refractivity contribution in [1.29, 1.82) is 5.41 Å². The van der Waals surface area contributed by atoms with Crippen molar-refractivity contribution in [2.24, 2.45) is 11.7 Å². The Morgan fingerprint density at radius 1 is 1.20 bits per heavy atom. The number of amidine groups is 1. The zero-order valence-electron chi connectivity index (χ0n) is 11.7. The molecule has 2 fully saturated rings. The van der Waals surface area contributed by atoms with Gasteiger partial charge in [0, 0.05) is 18.2 Å². The van der Waals surface area contributed by atoms with Crippen LogP contribution in [0.5, 0.6) is 0 Å². The van der Waals surface area contributed by atoms with Gasteiger partial charge in [0.15, 0.2) is 0 Å². The molecular formula is C16H22FN3. The lowest BCUT2D eigenvalue weighted by Gasteiger charge is -2.31. The van der Waals surface area contributed by atoms with Gasteiger partial charge in [-0.05, 0) is 49.8 Å². The monoisotopic (exact) mass is 275 g/mol. The molecule has 4 heteroatoms. The summed E-state index contributed by atoms with van der Waals surface area (Å²) >= 11 is 0. The Bertz CT molecular complexity index is 508. The summed E-state index contributed by atoms with van der Waals surface area (Å²) < 4.78 is 14.3. The molecule has 1 unspecified atom stereocenters. The lowest BCUT2D eigenvalue weighted by atomic mass is 9.95. The van der Waals surface area contributed by atoms with Crippen molar-refractivity contribution < 1.29 is 4.39 Å². The Hall–Kier alpha value is -1.58. The predicted octanol–water partition coefficient (Wildman–Crippen LogP) is 3.27. The van der Waals surface area contributed by atoms with E-state index in [2.05, 4.69) is 4.90 Å². The molecule has 1 aliphatic carbocycles. The smallest absolute Gasteiger partial charge is 0.147 e. The Morgan fingerprint density at radius 3 is 2.60 bits per heavy atom. The number of benzene rings is 1. The van der Waals surface area contributed by atoms with Gasteiger partial charge >= 0.3 is 0 Å². The molecule has 1 aromatic rings. The highest BCUT2D eigenvalue weighted by Gasteiger charge is 2.34. The number of halogens is 1. The summed E-state index contributed by atoms with van der Waals surface area (Å²) in [5.41, 5.74) is 6.56. The van der Waals surface area contributed by atoms with E-state index < -0.39 is 0 Å². The van der Waals surface area contributed by atoms with Crippen LogP contribution >= 0.6 is 0 Å². The molecule has 108 valence electrons. The second kappa shape index (κ2) is 5.43. The molecular weight excluding hydrogens is 253 g/mol. The van der Waals surface area contributed by atoms with Crippen LogP contribution in [-0.2, 0) is 0 Å². The van der Waals surface area contributed by atoms with Crippen LogP contribution in [0, 0.1) is 17.1 Å². The summed E-state index contributed by atoms with van der Waals surface area (Å²) in [6, 6.07) is 5.43. The van der Waals surface area contributed by atoms with Crippen LogP contribution in [0.25, 0.3) is 0 Å². The fraction of sp³-hybridized carbons (Fsp3) is 0.562. The molecule has 0 spiro atoms. The SMILES string of the molecule is N=C(N)c1ccc(N2CCCC2C2CCCC2)c(F)c1. The lowest BCUT2D eigenvalue weighted by Crippen LogP contribution is -2.35. The zero-order chi connectivity index (χ0) is 14.1. The van der Waals surface area contributed by atoms with Gasteiger partial charge in [-0.1, -0.05) is 12.8 Å². The Balaban J connectivity index is 1.85. The lowest BCUT2D eigenvalue weighted by molar-refractivity contribution is 0.427. The van der Waals surface area contributed by atoms with Crippen LogP contribution in [0.15, 0.2) is 18.2 Å². The molecule has 3 rings (SSSR count). The number of nitrogens with two attached hydrogens (primary N) is 1. The first-order valence-corrected chi connectivity index (χ1v) is 7.57. The molecule has 1 saturated heterocycles. The van der Waals surface area contributed by atoms with Crippen LogP contribution in [0.4, 0.5) is 10.1 Å². The third kappa shape index (κ3) is 2.39. The van der Waals surface area contributed by atoms with Gasteiger partial charge in [0.25, 0.3) is 0 Å². The molecule has 3 N–H and O–H groups in total. The summed E-state index contributed by atoms with van der Waals surface area (Å²) in [5, 5.41) is 7.39. The highest BCUT2D eigenvalue weighted by atomic mass is 19.1. The number of anilines is 1. The number of nitrogen functional groups attached to an aromatic ring is 1. The predicted molar refractivity (Wildman–Crippen MR) is 79.7 cm³/mol. The number of nitrogens with one attached hydrogen (secondary N) is 1. The summed E-state index contributed by atoms with van der Waals surface area (Å²) in [5.74, 6) is 0.399. The minimum atomic E-state index is -0.248. The van der Waals surface area contributed by atoms with Crippen molar-refractivity contribution in [3.05, 3.63) is 29.6 Å². The number of hydrogen-bond acceptors (Lipinski definition) is 2. The van der Waals surface area contributed by atoms with Gasteiger partial charge in [-0.15, -0.1) is 0 Å². The minimum Gasteiger partial charge on any atom is -0.384 e. The first-order valence-electron chi connectivity index (χ1n) is 7.57. The largest absolute Gasteiger partial charge is 0.384 e. The van der Waals surface area contributed by atoms with E-state index in [0.717, 1.165) is 18.9 Å². The van der Waals surface area contributed by atoms with Crippen LogP contribution in [-0.4, -0.2) is 18.4 Å². The Labute approximate surface area is 119 Å². The van der Waals surface area contributed by atoms with Crippen LogP contribution < -0.4 is 10.6 Å². The fourth-order valence-corrected chi connectivity index (χ4v) is 3.83. The van der Waals surface area contributed by atoms with Crippen molar-refractivity contribution in [1.82, 2.24) is 0 Å². The first kappa shape index (κ1) is 13.4. The van der Waals surface area contributed by atoms with Gasteiger partial charge in [0.1, 0.15) is 11.7 Å². The summed E-state index contributed by atoms with van der Waals surface area (Å²) in [7, 11) is 0. The van der Waals surface area contributed by atoms with Crippen molar-refractivity contribution in [3.8, 4) is 0 Å².